The van der Waals surface area contributed by atoms with Crippen molar-refractivity contribution in [2.24, 2.45) is 5.41 Å². The zero-order valence-corrected chi connectivity index (χ0v) is 16.3. The SMILES string of the molecule is Cc1ccccc1N1c2cncnc2N2c3ccccc3C3(C)C=CC3(C)C12. The van der Waals surface area contributed by atoms with Gasteiger partial charge in [-0.05, 0) is 30.2 Å². The predicted octanol–water partition coefficient (Wildman–Crippen LogP) is 5.25. The van der Waals surface area contributed by atoms with E-state index in [1.807, 2.05) is 6.20 Å². The van der Waals surface area contributed by atoms with Gasteiger partial charge in [-0.2, -0.15) is 0 Å². The Balaban J connectivity index is 1.70. The van der Waals surface area contributed by atoms with Crippen molar-refractivity contribution < 1.29 is 0 Å². The number of rotatable bonds is 1. The number of hydrogen-bond donors (Lipinski definition) is 0. The van der Waals surface area contributed by atoms with Crippen LogP contribution in [0.2, 0.25) is 0 Å². The van der Waals surface area contributed by atoms with Gasteiger partial charge in [-0.15, -0.1) is 0 Å². The molecule has 3 atom stereocenters. The van der Waals surface area contributed by atoms with Crippen molar-refractivity contribution in [2.45, 2.75) is 32.4 Å². The summed E-state index contributed by atoms with van der Waals surface area (Å²) in [5, 5.41) is 0. The van der Waals surface area contributed by atoms with E-state index in [0.29, 0.717) is 0 Å². The molecule has 0 amide bonds. The Bertz CT molecular complexity index is 1150. The maximum atomic E-state index is 4.73. The van der Waals surface area contributed by atoms with Gasteiger partial charge in [-0.25, -0.2) is 9.97 Å². The third-order valence-electron chi connectivity index (χ3n) is 7.17. The summed E-state index contributed by atoms with van der Waals surface area (Å²) in [5.41, 5.74) is 6.09. The second kappa shape index (κ2) is 5.02. The molecule has 3 aliphatic rings. The Morgan fingerprint density at radius 3 is 2.36 bits per heavy atom. The van der Waals surface area contributed by atoms with Crippen molar-refractivity contribution >= 4 is 22.9 Å². The summed E-state index contributed by atoms with van der Waals surface area (Å²) < 4.78 is 0. The summed E-state index contributed by atoms with van der Waals surface area (Å²) in [6.45, 7) is 6.93. The number of aryl methyl sites for hydroxylation is 1. The first-order valence-corrected chi connectivity index (χ1v) is 9.80. The van der Waals surface area contributed by atoms with Crippen molar-refractivity contribution in [2.75, 3.05) is 9.80 Å². The minimum absolute atomic E-state index is 0.0127. The van der Waals surface area contributed by atoms with Gasteiger partial charge in [0.05, 0.1) is 6.20 Å². The highest BCUT2D eigenvalue weighted by atomic mass is 15.5. The topological polar surface area (TPSA) is 32.3 Å². The van der Waals surface area contributed by atoms with Crippen molar-refractivity contribution in [3.05, 3.63) is 84.3 Å². The fourth-order valence-electron chi connectivity index (χ4n) is 5.37. The van der Waals surface area contributed by atoms with Crippen LogP contribution in [0.5, 0.6) is 0 Å². The van der Waals surface area contributed by atoms with Gasteiger partial charge in [-0.1, -0.05) is 62.4 Å². The van der Waals surface area contributed by atoms with Crippen LogP contribution in [-0.4, -0.2) is 16.1 Å². The number of para-hydroxylation sites is 2. The number of anilines is 4. The lowest BCUT2D eigenvalue weighted by atomic mass is 9.50. The first-order valence-electron chi connectivity index (χ1n) is 9.80. The molecule has 6 rings (SSSR count). The lowest BCUT2D eigenvalue weighted by molar-refractivity contribution is 0.174. The van der Waals surface area contributed by atoms with Gasteiger partial charge >= 0.3 is 0 Å². The van der Waals surface area contributed by atoms with E-state index in [2.05, 4.69) is 96.2 Å². The van der Waals surface area contributed by atoms with Crippen LogP contribution in [0.1, 0.15) is 25.0 Å². The molecule has 0 saturated heterocycles. The van der Waals surface area contributed by atoms with Gasteiger partial charge in [0.1, 0.15) is 18.2 Å². The number of allylic oxidation sites excluding steroid dienone is 1. The zero-order chi connectivity index (χ0) is 19.1. The molecule has 4 nitrogen and oxygen atoms in total. The second-order valence-electron chi connectivity index (χ2n) is 8.47. The molecule has 138 valence electrons. The van der Waals surface area contributed by atoms with Crippen molar-refractivity contribution in [1.82, 2.24) is 9.97 Å². The van der Waals surface area contributed by atoms with E-state index in [9.17, 15) is 0 Å². The molecular weight excluding hydrogens is 344 g/mol. The average Bonchev–Trinajstić information content (AvgIpc) is 3.06. The van der Waals surface area contributed by atoms with Crippen molar-refractivity contribution in [3.63, 3.8) is 0 Å². The lowest BCUT2D eigenvalue weighted by Crippen LogP contribution is -2.64. The summed E-state index contributed by atoms with van der Waals surface area (Å²) in [7, 11) is 0. The van der Waals surface area contributed by atoms with Crippen LogP contribution in [0.25, 0.3) is 0 Å². The van der Waals surface area contributed by atoms with Crippen molar-refractivity contribution in [1.29, 1.82) is 0 Å². The second-order valence-corrected chi connectivity index (χ2v) is 8.47. The summed E-state index contributed by atoms with van der Waals surface area (Å²) in [6, 6.07) is 17.4. The number of fused-ring (bicyclic) bond motifs is 8. The molecule has 0 bridgehead atoms. The maximum Gasteiger partial charge on any atom is 0.162 e. The summed E-state index contributed by atoms with van der Waals surface area (Å²) in [4.78, 5) is 14.0. The highest BCUT2D eigenvalue weighted by molar-refractivity contribution is 5.90. The van der Waals surface area contributed by atoms with Gasteiger partial charge in [0, 0.05) is 22.2 Å². The number of benzene rings is 2. The van der Waals surface area contributed by atoms with E-state index >= 15 is 0 Å². The van der Waals surface area contributed by atoms with E-state index in [0.717, 1.165) is 11.5 Å². The number of aromatic nitrogens is 2. The Labute approximate surface area is 165 Å². The van der Waals surface area contributed by atoms with Gasteiger partial charge in [0.15, 0.2) is 5.82 Å². The molecule has 4 heteroatoms. The lowest BCUT2D eigenvalue weighted by Gasteiger charge is -2.61. The van der Waals surface area contributed by atoms with Gasteiger partial charge < -0.3 is 9.80 Å². The normalized spacial score (nSPS) is 28.9. The van der Waals surface area contributed by atoms with Crippen molar-refractivity contribution in [3.8, 4) is 0 Å². The summed E-state index contributed by atoms with van der Waals surface area (Å²) in [6.07, 6.45) is 8.48. The molecule has 0 spiro atoms. The van der Waals surface area contributed by atoms with E-state index in [-0.39, 0.29) is 17.0 Å². The van der Waals surface area contributed by atoms with E-state index in [1.54, 1.807) is 6.33 Å². The van der Waals surface area contributed by atoms with Crippen LogP contribution in [0.15, 0.2) is 73.2 Å². The fourth-order valence-corrected chi connectivity index (χ4v) is 5.37. The first-order chi connectivity index (χ1) is 13.6. The standard InChI is InChI=1S/C24H22N4/c1-16-8-4-6-10-18(16)27-20-14-25-15-26-21(20)28-19-11-7-5-9-17(19)23(2)12-13-24(23,3)22(27)28/h4-15,22H,1-3H3. The largest absolute Gasteiger partial charge is 0.314 e. The Morgan fingerprint density at radius 2 is 1.61 bits per heavy atom. The predicted molar refractivity (Wildman–Crippen MR) is 112 cm³/mol. The van der Waals surface area contributed by atoms with E-state index in [1.165, 1.54) is 22.5 Å². The molecule has 2 aliphatic heterocycles. The molecule has 0 saturated carbocycles. The summed E-state index contributed by atoms with van der Waals surface area (Å²) >= 11 is 0. The minimum Gasteiger partial charge on any atom is -0.314 e. The Hall–Kier alpha value is -3.14. The van der Waals surface area contributed by atoms with E-state index < -0.39 is 0 Å². The van der Waals surface area contributed by atoms with Gasteiger partial charge in [-0.3, -0.25) is 0 Å². The van der Waals surface area contributed by atoms with Crippen LogP contribution in [0.3, 0.4) is 0 Å². The smallest absolute Gasteiger partial charge is 0.162 e. The molecule has 0 radical (unpaired) electrons. The van der Waals surface area contributed by atoms with E-state index in [4.69, 9.17) is 4.98 Å². The molecular formula is C24H22N4. The quantitative estimate of drug-likeness (QED) is 0.551. The summed E-state index contributed by atoms with van der Waals surface area (Å²) in [5.74, 6) is 0.985. The zero-order valence-electron chi connectivity index (χ0n) is 16.3. The highest BCUT2D eigenvalue weighted by Crippen LogP contribution is 2.66. The monoisotopic (exact) mass is 366 g/mol. The number of hydrogen-bond acceptors (Lipinski definition) is 4. The van der Waals surface area contributed by atoms with Crippen LogP contribution in [-0.2, 0) is 5.41 Å². The minimum atomic E-state index is -0.0513. The highest BCUT2D eigenvalue weighted by Gasteiger charge is 2.64. The molecule has 1 aliphatic carbocycles. The molecule has 3 heterocycles. The van der Waals surface area contributed by atoms with Crippen LogP contribution in [0.4, 0.5) is 22.9 Å². The van der Waals surface area contributed by atoms with Crippen LogP contribution >= 0.6 is 0 Å². The molecule has 0 N–H and O–H groups in total. The fraction of sp³-hybridized carbons (Fsp3) is 0.250. The molecule has 0 fully saturated rings. The molecule has 28 heavy (non-hydrogen) atoms. The Morgan fingerprint density at radius 1 is 0.857 bits per heavy atom. The Kier molecular flexibility index (Phi) is 2.84. The third kappa shape index (κ3) is 1.63. The number of nitrogens with zero attached hydrogens (tertiary/aromatic N) is 4. The average molecular weight is 366 g/mol. The molecule has 2 aromatic carbocycles. The molecule has 3 unspecified atom stereocenters. The van der Waals surface area contributed by atoms with Crippen LogP contribution in [0, 0.1) is 12.3 Å². The third-order valence-corrected chi connectivity index (χ3v) is 7.17. The molecule has 3 aromatic rings. The maximum absolute atomic E-state index is 4.73. The van der Waals surface area contributed by atoms with Gasteiger partial charge in [0.25, 0.3) is 0 Å². The van der Waals surface area contributed by atoms with Gasteiger partial charge in [0.2, 0.25) is 0 Å². The first kappa shape index (κ1) is 15.9. The molecule has 1 aromatic heterocycles. The van der Waals surface area contributed by atoms with Crippen LogP contribution < -0.4 is 9.80 Å².